The fourth-order valence-corrected chi connectivity index (χ4v) is 5.28. The molecule has 0 saturated carbocycles. The summed E-state index contributed by atoms with van der Waals surface area (Å²) in [5.41, 5.74) is 0.984. The molecular weight excluding hydrogens is 390 g/mol. The van der Waals surface area contributed by atoms with E-state index in [9.17, 15) is 9.59 Å². The molecule has 4 rings (SSSR count). The van der Waals surface area contributed by atoms with Crippen LogP contribution in [0.3, 0.4) is 0 Å². The summed E-state index contributed by atoms with van der Waals surface area (Å²) < 4.78 is 11.2. The van der Waals surface area contributed by atoms with Crippen molar-refractivity contribution >= 4 is 38.6 Å². The molecule has 2 aliphatic rings. The fourth-order valence-electron chi connectivity index (χ4n) is 4.23. The van der Waals surface area contributed by atoms with Gasteiger partial charge < -0.3 is 19.3 Å². The largest absolute Gasteiger partial charge is 0.497 e. The van der Waals surface area contributed by atoms with Crippen molar-refractivity contribution in [2.75, 3.05) is 45.3 Å². The third-order valence-corrected chi connectivity index (χ3v) is 7.12. The van der Waals surface area contributed by atoms with Gasteiger partial charge in [0.1, 0.15) is 5.75 Å². The maximum absolute atomic E-state index is 12.9. The smallest absolute Gasteiger partial charge is 0.308 e. The van der Waals surface area contributed by atoms with E-state index in [0.717, 1.165) is 47.0 Å². The van der Waals surface area contributed by atoms with E-state index in [-0.39, 0.29) is 23.7 Å². The molecule has 0 radical (unpaired) electrons. The van der Waals surface area contributed by atoms with Gasteiger partial charge in [0.25, 0.3) is 0 Å². The number of likely N-dealkylation sites (tertiary alicyclic amines) is 1. The number of anilines is 1. The second-order valence-corrected chi connectivity index (χ2v) is 8.72. The number of thiazole rings is 1. The lowest BCUT2D eigenvalue weighted by Crippen LogP contribution is -2.46. The standard InChI is InChI=1S/C21H27N3O4S/c1-27-16-3-4-17-18(13-16)29-21(22-17)24-11-5-14(6-12-24)19(25)23-9-7-15(8-10-23)20(26)28-2/h3-4,13-15H,5-12H2,1-2H3. The van der Waals surface area contributed by atoms with Crippen molar-refractivity contribution < 1.29 is 19.1 Å². The van der Waals surface area contributed by atoms with Crippen molar-refractivity contribution in [3.05, 3.63) is 18.2 Å². The number of methoxy groups -OCH3 is 2. The van der Waals surface area contributed by atoms with Crippen LogP contribution in [0.5, 0.6) is 5.75 Å². The number of benzene rings is 1. The molecular formula is C21H27N3O4S. The predicted octanol–water partition coefficient (Wildman–Crippen LogP) is 2.93. The van der Waals surface area contributed by atoms with Crippen LogP contribution in [0.2, 0.25) is 0 Å². The van der Waals surface area contributed by atoms with E-state index in [2.05, 4.69) is 4.90 Å². The zero-order valence-corrected chi connectivity index (χ0v) is 17.7. The molecule has 1 amide bonds. The topological polar surface area (TPSA) is 72.0 Å². The second kappa shape index (κ2) is 8.57. The van der Waals surface area contributed by atoms with Gasteiger partial charge in [-0.15, -0.1) is 0 Å². The van der Waals surface area contributed by atoms with Gasteiger partial charge in [-0.05, 0) is 43.9 Å². The number of carbonyl (C=O) groups is 2. The van der Waals surface area contributed by atoms with Gasteiger partial charge in [-0.25, -0.2) is 4.98 Å². The number of nitrogens with zero attached hydrogens (tertiary/aromatic N) is 3. The minimum Gasteiger partial charge on any atom is -0.497 e. The summed E-state index contributed by atoms with van der Waals surface area (Å²) in [5, 5.41) is 1.01. The van der Waals surface area contributed by atoms with Gasteiger partial charge in [-0.1, -0.05) is 11.3 Å². The molecule has 2 saturated heterocycles. The molecule has 156 valence electrons. The van der Waals surface area contributed by atoms with Crippen LogP contribution in [-0.4, -0.2) is 62.2 Å². The maximum Gasteiger partial charge on any atom is 0.308 e. The Morgan fingerprint density at radius 1 is 1.03 bits per heavy atom. The number of hydrogen-bond acceptors (Lipinski definition) is 7. The summed E-state index contributed by atoms with van der Waals surface area (Å²) in [6.07, 6.45) is 3.09. The fraction of sp³-hybridized carbons (Fsp3) is 0.571. The zero-order chi connectivity index (χ0) is 20.4. The molecule has 3 heterocycles. The van der Waals surface area contributed by atoms with E-state index in [1.165, 1.54) is 7.11 Å². The highest BCUT2D eigenvalue weighted by Gasteiger charge is 2.33. The lowest BCUT2D eigenvalue weighted by molar-refractivity contribution is -0.149. The molecule has 7 nitrogen and oxygen atoms in total. The van der Waals surface area contributed by atoms with Crippen molar-refractivity contribution in [3.8, 4) is 5.75 Å². The van der Waals surface area contributed by atoms with Gasteiger partial charge in [0.15, 0.2) is 5.13 Å². The molecule has 0 atom stereocenters. The molecule has 2 aliphatic heterocycles. The van der Waals surface area contributed by atoms with Crippen LogP contribution < -0.4 is 9.64 Å². The molecule has 0 spiro atoms. The normalized spacial score (nSPS) is 18.8. The number of amides is 1. The number of esters is 1. The SMILES string of the molecule is COC(=O)C1CCN(C(=O)C2CCN(c3nc4ccc(OC)cc4s3)CC2)CC1. The van der Waals surface area contributed by atoms with Crippen molar-refractivity contribution in [2.45, 2.75) is 25.7 Å². The first-order valence-electron chi connectivity index (χ1n) is 10.1. The zero-order valence-electron chi connectivity index (χ0n) is 16.9. The molecule has 2 aromatic rings. The average Bonchev–Trinajstić information content (AvgIpc) is 3.21. The summed E-state index contributed by atoms with van der Waals surface area (Å²) in [5.74, 6) is 0.924. The van der Waals surface area contributed by atoms with E-state index in [0.29, 0.717) is 25.9 Å². The molecule has 8 heteroatoms. The molecule has 29 heavy (non-hydrogen) atoms. The van der Waals surface area contributed by atoms with Crippen molar-refractivity contribution in [3.63, 3.8) is 0 Å². The monoisotopic (exact) mass is 417 g/mol. The van der Waals surface area contributed by atoms with Gasteiger partial charge in [0, 0.05) is 32.1 Å². The van der Waals surface area contributed by atoms with Crippen molar-refractivity contribution in [2.24, 2.45) is 11.8 Å². The molecule has 2 fully saturated rings. The highest BCUT2D eigenvalue weighted by atomic mass is 32.1. The Morgan fingerprint density at radius 2 is 1.72 bits per heavy atom. The van der Waals surface area contributed by atoms with Crippen LogP contribution in [0.15, 0.2) is 18.2 Å². The van der Waals surface area contributed by atoms with Gasteiger partial charge in [-0.3, -0.25) is 9.59 Å². The Morgan fingerprint density at radius 3 is 2.38 bits per heavy atom. The van der Waals surface area contributed by atoms with Crippen LogP contribution in [0.1, 0.15) is 25.7 Å². The van der Waals surface area contributed by atoms with E-state index >= 15 is 0 Å². The van der Waals surface area contributed by atoms with Gasteiger partial charge in [-0.2, -0.15) is 0 Å². The first kappa shape index (κ1) is 19.9. The Kier molecular flexibility index (Phi) is 5.89. The summed E-state index contributed by atoms with van der Waals surface area (Å²) in [6.45, 7) is 2.98. The van der Waals surface area contributed by atoms with Crippen LogP contribution >= 0.6 is 11.3 Å². The number of fused-ring (bicyclic) bond motifs is 1. The van der Waals surface area contributed by atoms with Crippen LogP contribution in [-0.2, 0) is 14.3 Å². The van der Waals surface area contributed by atoms with E-state index in [1.54, 1.807) is 18.4 Å². The molecule has 0 N–H and O–H groups in total. The Bertz CT molecular complexity index is 883. The Balaban J connectivity index is 1.32. The molecule has 0 unspecified atom stereocenters. The van der Waals surface area contributed by atoms with Crippen molar-refractivity contribution in [1.82, 2.24) is 9.88 Å². The number of hydrogen-bond donors (Lipinski definition) is 0. The van der Waals surface area contributed by atoms with E-state index in [4.69, 9.17) is 14.5 Å². The minimum atomic E-state index is -0.154. The summed E-state index contributed by atoms with van der Waals surface area (Å²) in [4.78, 5) is 33.6. The van der Waals surface area contributed by atoms with Crippen LogP contribution in [0.25, 0.3) is 10.2 Å². The van der Waals surface area contributed by atoms with E-state index in [1.807, 2.05) is 23.1 Å². The third-order valence-electron chi connectivity index (χ3n) is 6.04. The van der Waals surface area contributed by atoms with Gasteiger partial charge in [0.2, 0.25) is 5.91 Å². The molecule has 0 aliphatic carbocycles. The molecule has 1 aromatic carbocycles. The summed E-state index contributed by atoms with van der Waals surface area (Å²) in [6, 6.07) is 5.94. The number of rotatable bonds is 4. The number of piperidine rings is 2. The molecule has 0 bridgehead atoms. The summed E-state index contributed by atoms with van der Waals surface area (Å²) >= 11 is 1.67. The number of ether oxygens (including phenoxy) is 2. The quantitative estimate of drug-likeness (QED) is 0.713. The third kappa shape index (κ3) is 4.17. The minimum absolute atomic E-state index is 0.0652. The average molecular weight is 418 g/mol. The summed E-state index contributed by atoms with van der Waals surface area (Å²) in [7, 11) is 3.10. The molecule has 1 aromatic heterocycles. The highest BCUT2D eigenvalue weighted by molar-refractivity contribution is 7.22. The maximum atomic E-state index is 12.9. The Hall–Kier alpha value is -2.35. The second-order valence-electron chi connectivity index (χ2n) is 7.71. The van der Waals surface area contributed by atoms with E-state index < -0.39 is 0 Å². The van der Waals surface area contributed by atoms with Crippen molar-refractivity contribution in [1.29, 1.82) is 0 Å². The van der Waals surface area contributed by atoms with Crippen LogP contribution in [0.4, 0.5) is 5.13 Å². The first-order valence-corrected chi connectivity index (χ1v) is 11.0. The van der Waals surface area contributed by atoms with Gasteiger partial charge >= 0.3 is 5.97 Å². The lowest BCUT2D eigenvalue weighted by Gasteiger charge is -2.36. The van der Waals surface area contributed by atoms with Gasteiger partial charge in [0.05, 0.1) is 30.4 Å². The predicted molar refractivity (Wildman–Crippen MR) is 112 cm³/mol. The van der Waals surface area contributed by atoms with Crippen LogP contribution in [0, 0.1) is 11.8 Å². The highest BCUT2D eigenvalue weighted by Crippen LogP contribution is 2.34. The Labute approximate surface area is 174 Å². The number of aromatic nitrogens is 1. The number of carbonyl (C=O) groups excluding carboxylic acids is 2. The first-order chi connectivity index (χ1) is 14.1. The lowest BCUT2D eigenvalue weighted by atomic mass is 9.92.